The summed E-state index contributed by atoms with van der Waals surface area (Å²) in [5, 5.41) is 1.02. The Bertz CT molecular complexity index is 845. The van der Waals surface area contributed by atoms with E-state index in [1.54, 1.807) is 7.11 Å². The number of methoxy groups -OCH3 is 1. The Morgan fingerprint density at radius 1 is 0.955 bits per heavy atom. The van der Waals surface area contributed by atoms with Crippen LogP contribution in [-0.4, -0.2) is 12.1 Å². The second-order valence-corrected chi connectivity index (χ2v) is 6.46. The van der Waals surface area contributed by atoms with Crippen molar-refractivity contribution < 1.29 is 4.74 Å². The number of aromatic nitrogens is 1. The SMILES string of the molecule is COc1c(Br)cc(Br)c2ccc(C=Cc3ccccc3)nc12. The summed E-state index contributed by atoms with van der Waals surface area (Å²) >= 11 is 7.08. The van der Waals surface area contributed by atoms with Gasteiger partial charge in [0.05, 0.1) is 17.3 Å². The van der Waals surface area contributed by atoms with E-state index in [0.717, 1.165) is 36.9 Å². The third-order valence-corrected chi connectivity index (χ3v) is 4.55. The molecule has 0 spiro atoms. The normalized spacial score (nSPS) is 11.2. The molecule has 3 rings (SSSR count). The first-order chi connectivity index (χ1) is 10.7. The maximum absolute atomic E-state index is 5.48. The van der Waals surface area contributed by atoms with Crippen LogP contribution < -0.4 is 4.74 Å². The van der Waals surface area contributed by atoms with Crippen LogP contribution in [0.5, 0.6) is 5.75 Å². The first kappa shape index (κ1) is 15.3. The average molecular weight is 419 g/mol. The molecule has 0 unspecified atom stereocenters. The van der Waals surface area contributed by atoms with E-state index in [1.165, 1.54) is 0 Å². The summed E-state index contributed by atoms with van der Waals surface area (Å²) in [6.45, 7) is 0. The van der Waals surface area contributed by atoms with Crippen molar-refractivity contribution in [1.82, 2.24) is 4.98 Å². The summed E-state index contributed by atoms with van der Waals surface area (Å²) in [5.41, 5.74) is 2.87. The minimum Gasteiger partial charge on any atom is -0.493 e. The summed E-state index contributed by atoms with van der Waals surface area (Å²) in [7, 11) is 1.65. The fourth-order valence-electron chi connectivity index (χ4n) is 2.24. The van der Waals surface area contributed by atoms with Crippen LogP contribution in [0.4, 0.5) is 0 Å². The molecule has 0 N–H and O–H groups in total. The first-order valence-corrected chi connectivity index (χ1v) is 8.33. The minimum atomic E-state index is 0.744. The van der Waals surface area contributed by atoms with Gasteiger partial charge >= 0.3 is 0 Å². The van der Waals surface area contributed by atoms with Gasteiger partial charge in [0.15, 0.2) is 5.75 Å². The third-order valence-electron chi connectivity index (χ3n) is 3.31. The summed E-state index contributed by atoms with van der Waals surface area (Å²) in [4.78, 5) is 4.71. The van der Waals surface area contributed by atoms with Crippen molar-refractivity contribution >= 4 is 54.9 Å². The molecule has 1 heterocycles. The molecule has 2 nitrogen and oxygen atoms in total. The molecule has 0 atom stereocenters. The van der Waals surface area contributed by atoms with Gasteiger partial charge in [-0.3, -0.25) is 0 Å². The lowest BCUT2D eigenvalue weighted by Crippen LogP contribution is -1.92. The highest BCUT2D eigenvalue weighted by Gasteiger charge is 2.11. The van der Waals surface area contributed by atoms with Gasteiger partial charge in [0.1, 0.15) is 5.52 Å². The molecule has 1 aromatic heterocycles. The van der Waals surface area contributed by atoms with Crippen molar-refractivity contribution in [3.05, 3.63) is 68.7 Å². The Morgan fingerprint density at radius 2 is 1.73 bits per heavy atom. The third kappa shape index (κ3) is 3.08. The van der Waals surface area contributed by atoms with E-state index in [0.29, 0.717) is 0 Å². The van der Waals surface area contributed by atoms with E-state index in [2.05, 4.69) is 44.0 Å². The van der Waals surface area contributed by atoms with Gasteiger partial charge < -0.3 is 4.74 Å². The van der Waals surface area contributed by atoms with Crippen LogP contribution in [0, 0.1) is 0 Å². The Hall–Kier alpha value is -1.65. The molecule has 0 fully saturated rings. The van der Waals surface area contributed by atoms with Crippen LogP contribution in [0.25, 0.3) is 23.1 Å². The highest BCUT2D eigenvalue weighted by Crippen LogP contribution is 2.37. The van der Waals surface area contributed by atoms with Crippen LogP contribution in [0.2, 0.25) is 0 Å². The van der Waals surface area contributed by atoms with E-state index in [-0.39, 0.29) is 0 Å². The second kappa shape index (κ2) is 6.63. The smallest absolute Gasteiger partial charge is 0.159 e. The van der Waals surface area contributed by atoms with Gasteiger partial charge in [-0.1, -0.05) is 52.3 Å². The molecule has 0 aliphatic rings. The molecule has 110 valence electrons. The largest absolute Gasteiger partial charge is 0.493 e. The summed E-state index contributed by atoms with van der Waals surface area (Å²) in [6, 6.07) is 16.2. The number of nitrogens with zero attached hydrogens (tertiary/aromatic N) is 1. The monoisotopic (exact) mass is 417 g/mol. The second-order valence-electron chi connectivity index (χ2n) is 4.75. The van der Waals surface area contributed by atoms with Crippen LogP contribution in [0.3, 0.4) is 0 Å². The molecular formula is C18H13Br2NO. The number of fused-ring (bicyclic) bond motifs is 1. The molecular weight excluding hydrogens is 406 g/mol. The van der Waals surface area contributed by atoms with Gasteiger partial charge in [0.2, 0.25) is 0 Å². The Balaban J connectivity index is 2.07. The molecule has 2 aromatic carbocycles. The predicted octanol–water partition coefficient (Wildman–Crippen LogP) is 5.94. The van der Waals surface area contributed by atoms with E-state index in [1.807, 2.05) is 48.6 Å². The number of halogens is 2. The lowest BCUT2D eigenvalue weighted by Gasteiger charge is -2.09. The van der Waals surface area contributed by atoms with Crippen molar-refractivity contribution in [2.75, 3.05) is 7.11 Å². The van der Waals surface area contributed by atoms with Crippen molar-refractivity contribution in [3.8, 4) is 5.75 Å². The summed E-state index contributed by atoms with van der Waals surface area (Å²) in [6.07, 6.45) is 4.05. The van der Waals surface area contributed by atoms with Crippen molar-refractivity contribution in [2.24, 2.45) is 0 Å². The average Bonchev–Trinajstić information content (AvgIpc) is 2.54. The zero-order chi connectivity index (χ0) is 15.5. The quantitative estimate of drug-likeness (QED) is 0.525. The van der Waals surface area contributed by atoms with Crippen LogP contribution >= 0.6 is 31.9 Å². The van der Waals surface area contributed by atoms with Gasteiger partial charge in [-0.25, -0.2) is 4.98 Å². The van der Waals surface area contributed by atoms with Gasteiger partial charge in [0, 0.05) is 9.86 Å². The van der Waals surface area contributed by atoms with E-state index in [9.17, 15) is 0 Å². The molecule has 0 saturated heterocycles. The van der Waals surface area contributed by atoms with E-state index < -0.39 is 0 Å². The number of hydrogen-bond donors (Lipinski definition) is 0. The lowest BCUT2D eigenvalue weighted by atomic mass is 10.1. The molecule has 4 heteroatoms. The molecule has 0 amide bonds. The maximum Gasteiger partial charge on any atom is 0.159 e. The molecule has 0 saturated carbocycles. The summed E-state index contributed by atoms with van der Waals surface area (Å²) in [5.74, 6) is 0.744. The maximum atomic E-state index is 5.48. The Morgan fingerprint density at radius 3 is 2.45 bits per heavy atom. The predicted molar refractivity (Wildman–Crippen MR) is 99.1 cm³/mol. The number of rotatable bonds is 3. The summed E-state index contributed by atoms with van der Waals surface area (Å²) < 4.78 is 7.34. The molecule has 3 aromatic rings. The Labute approximate surface area is 146 Å². The number of ether oxygens (including phenoxy) is 1. The van der Waals surface area contributed by atoms with Gasteiger partial charge in [-0.2, -0.15) is 0 Å². The highest BCUT2D eigenvalue weighted by molar-refractivity contribution is 9.11. The van der Waals surface area contributed by atoms with Gasteiger partial charge in [-0.15, -0.1) is 0 Å². The van der Waals surface area contributed by atoms with Crippen LogP contribution in [0.15, 0.2) is 57.5 Å². The zero-order valence-corrected chi connectivity index (χ0v) is 15.1. The van der Waals surface area contributed by atoms with E-state index in [4.69, 9.17) is 9.72 Å². The minimum absolute atomic E-state index is 0.744. The fraction of sp³-hybridized carbons (Fsp3) is 0.0556. The molecule has 0 bridgehead atoms. The van der Waals surface area contributed by atoms with Crippen molar-refractivity contribution in [2.45, 2.75) is 0 Å². The molecule has 0 radical (unpaired) electrons. The molecule has 22 heavy (non-hydrogen) atoms. The topological polar surface area (TPSA) is 22.1 Å². The van der Waals surface area contributed by atoms with Crippen LogP contribution in [0.1, 0.15) is 11.3 Å². The number of pyridine rings is 1. The number of hydrogen-bond acceptors (Lipinski definition) is 2. The van der Waals surface area contributed by atoms with Crippen molar-refractivity contribution in [1.29, 1.82) is 0 Å². The number of benzene rings is 2. The molecule has 0 aliphatic carbocycles. The van der Waals surface area contributed by atoms with Crippen LogP contribution in [-0.2, 0) is 0 Å². The van der Waals surface area contributed by atoms with Gasteiger partial charge in [-0.05, 0) is 45.8 Å². The first-order valence-electron chi connectivity index (χ1n) is 6.75. The molecule has 0 aliphatic heterocycles. The van der Waals surface area contributed by atoms with Gasteiger partial charge in [0.25, 0.3) is 0 Å². The fourth-order valence-corrected chi connectivity index (χ4v) is 3.68. The highest BCUT2D eigenvalue weighted by atomic mass is 79.9. The van der Waals surface area contributed by atoms with E-state index >= 15 is 0 Å². The standard InChI is InChI=1S/C18H13Br2NO/c1-22-18-16(20)11-15(19)14-10-9-13(21-17(14)18)8-7-12-5-3-2-4-6-12/h2-11H,1H3. The zero-order valence-electron chi connectivity index (χ0n) is 11.9. The lowest BCUT2D eigenvalue weighted by molar-refractivity contribution is 0.416. The van der Waals surface area contributed by atoms with Crippen molar-refractivity contribution in [3.63, 3.8) is 0 Å². The Kier molecular flexibility index (Phi) is 4.60.